The maximum Gasteiger partial charge on any atom is 0.161 e. The number of fused-ring (bicyclic) bond motifs is 1. The Bertz CT molecular complexity index is 570. The normalized spacial score (nSPS) is 11.0. The van der Waals surface area contributed by atoms with Gasteiger partial charge in [-0.05, 0) is 24.1 Å². The number of benzene rings is 1. The van der Waals surface area contributed by atoms with Crippen LogP contribution in [0.25, 0.3) is 10.9 Å². The van der Waals surface area contributed by atoms with Gasteiger partial charge < -0.3 is 5.73 Å². The third kappa shape index (κ3) is 1.70. The molecule has 0 aliphatic carbocycles. The summed E-state index contributed by atoms with van der Waals surface area (Å²) < 4.78 is 13.5. The number of aromatic nitrogens is 1. The Labute approximate surface area is 102 Å². The minimum atomic E-state index is -0.621. The number of halogens is 3. The summed E-state index contributed by atoms with van der Waals surface area (Å²) in [5.74, 6) is -0.196. The van der Waals surface area contributed by atoms with Crippen LogP contribution in [0.15, 0.2) is 12.1 Å². The molecule has 2 N–H and O–H groups in total. The van der Waals surface area contributed by atoms with Crippen molar-refractivity contribution in [1.29, 1.82) is 0 Å². The van der Waals surface area contributed by atoms with Gasteiger partial charge in [0.15, 0.2) is 5.82 Å². The summed E-state index contributed by atoms with van der Waals surface area (Å²) in [6.07, 6.45) is 0.718. The van der Waals surface area contributed by atoms with Crippen molar-refractivity contribution in [3.8, 4) is 0 Å². The van der Waals surface area contributed by atoms with Gasteiger partial charge in [-0.1, -0.05) is 30.1 Å². The number of nitrogen functional groups attached to an aromatic ring is 1. The monoisotopic (exact) mass is 258 g/mol. The Morgan fingerprint density at radius 1 is 1.38 bits per heavy atom. The molecule has 5 heteroatoms. The van der Waals surface area contributed by atoms with Crippen molar-refractivity contribution < 1.29 is 4.39 Å². The lowest BCUT2D eigenvalue weighted by Crippen LogP contribution is -1.98. The Balaban J connectivity index is 2.86. The SMILES string of the molecule is CCc1cc2c(Cl)c(F)c(Cl)cc2nc1N. The van der Waals surface area contributed by atoms with Crippen molar-refractivity contribution >= 4 is 39.9 Å². The molecule has 0 atom stereocenters. The van der Waals surface area contributed by atoms with E-state index in [-0.39, 0.29) is 10.0 Å². The first-order valence-electron chi connectivity index (χ1n) is 4.77. The second kappa shape index (κ2) is 4.07. The van der Waals surface area contributed by atoms with Crippen LogP contribution in [0.1, 0.15) is 12.5 Å². The highest BCUT2D eigenvalue weighted by atomic mass is 35.5. The van der Waals surface area contributed by atoms with Gasteiger partial charge in [-0.3, -0.25) is 0 Å². The van der Waals surface area contributed by atoms with Crippen LogP contribution in [0.2, 0.25) is 10.0 Å². The van der Waals surface area contributed by atoms with Crippen molar-refractivity contribution in [1.82, 2.24) is 4.98 Å². The van der Waals surface area contributed by atoms with E-state index >= 15 is 0 Å². The van der Waals surface area contributed by atoms with Gasteiger partial charge in [0.05, 0.1) is 15.6 Å². The lowest BCUT2D eigenvalue weighted by atomic mass is 10.1. The fourth-order valence-electron chi connectivity index (χ4n) is 1.56. The molecule has 1 aromatic heterocycles. The third-order valence-electron chi connectivity index (χ3n) is 2.45. The molecule has 2 aromatic rings. The van der Waals surface area contributed by atoms with Gasteiger partial charge in [0.25, 0.3) is 0 Å². The Hall–Kier alpha value is -1.06. The van der Waals surface area contributed by atoms with E-state index in [1.807, 2.05) is 6.92 Å². The van der Waals surface area contributed by atoms with Gasteiger partial charge in [-0.25, -0.2) is 9.37 Å². The van der Waals surface area contributed by atoms with Gasteiger partial charge >= 0.3 is 0 Å². The molecule has 0 spiro atoms. The first-order valence-corrected chi connectivity index (χ1v) is 5.52. The highest BCUT2D eigenvalue weighted by Gasteiger charge is 2.13. The predicted octanol–water partition coefficient (Wildman–Crippen LogP) is 3.83. The zero-order valence-electron chi connectivity index (χ0n) is 8.52. The van der Waals surface area contributed by atoms with Crippen LogP contribution in [0.5, 0.6) is 0 Å². The second-order valence-electron chi connectivity index (χ2n) is 3.44. The summed E-state index contributed by atoms with van der Waals surface area (Å²) in [6.45, 7) is 1.94. The third-order valence-corrected chi connectivity index (χ3v) is 3.09. The van der Waals surface area contributed by atoms with Gasteiger partial charge in [-0.15, -0.1) is 0 Å². The van der Waals surface area contributed by atoms with Crippen molar-refractivity contribution in [3.05, 3.63) is 33.6 Å². The maximum atomic E-state index is 13.5. The first-order chi connectivity index (χ1) is 7.54. The molecule has 0 fully saturated rings. The van der Waals surface area contributed by atoms with Crippen LogP contribution < -0.4 is 5.73 Å². The highest BCUT2D eigenvalue weighted by molar-refractivity contribution is 6.38. The summed E-state index contributed by atoms with van der Waals surface area (Å²) in [7, 11) is 0. The van der Waals surface area contributed by atoms with Crippen LogP contribution in [0.4, 0.5) is 10.2 Å². The second-order valence-corrected chi connectivity index (χ2v) is 4.22. The minimum Gasteiger partial charge on any atom is -0.383 e. The summed E-state index contributed by atoms with van der Waals surface area (Å²) in [5.41, 5.74) is 7.09. The van der Waals surface area contributed by atoms with E-state index in [0.717, 1.165) is 12.0 Å². The van der Waals surface area contributed by atoms with Crippen LogP contribution >= 0.6 is 23.2 Å². The number of pyridine rings is 1. The topological polar surface area (TPSA) is 38.9 Å². The molecule has 1 aromatic carbocycles. The highest BCUT2D eigenvalue weighted by Crippen LogP contribution is 2.32. The molecule has 84 valence electrons. The number of aryl methyl sites for hydroxylation is 1. The average molecular weight is 259 g/mol. The maximum absolute atomic E-state index is 13.5. The van der Waals surface area contributed by atoms with Gasteiger partial charge in [0.2, 0.25) is 0 Å². The van der Waals surface area contributed by atoms with E-state index in [2.05, 4.69) is 4.98 Å². The molecule has 0 bridgehead atoms. The average Bonchev–Trinajstić information content (AvgIpc) is 2.26. The molecule has 0 saturated carbocycles. The lowest BCUT2D eigenvalue weighted by molar-refractivity contribution is 0.630. The largest absolute Gasteiger partial charge is 0.383 e. The Morgan fingerprint density at radius 2 is 2.06 bits per heavy atom. The summed E-state index contributed by atoms with van der Waals surface area (Å²) in [6, 6.07) is 3.17. The molecule has 0 radical (unpaired) electrons. The molecule has 0 saturated heterocycles. The summed E-state index contributed by atoms with van der Waals surface area (Å²) in [5, 5.41) is 0.480. The van der Waals surface area contributed by atoms with E-state index in [9.17, 15) is 4.39 Å². The van der Waals surface area contributed by atoms with E-state index < -0.39 is 5.82 Å². The number of rotatable bonds is 1. The molecule has 0 unspecified atom stereocenters. The number of nitrogens with zero attached hydrogens (tertiary/aromatic N) is 1. The van der Waals surface area contributed by atoms with Gasteiger partial charge in [-0.2, -0.15) is 0 Å². The molecular weight excluding hydrogens is 250 g/mol. The zero-order valence-corrected chi connectivity index (χ0v) is 10.0. The summed E-state index contributed by atoms with van der Waals surface area (Å²) >= 11 is 11.6. The van der Waals surface area contributed by atoms with Crippen LogP contribution in [-0.4, -0.2) is 4.98 Å². The molecule has 0 amide bonds. The molecule has 2 rings (SSSR count). The van der Waals surface area contributed by atoms with Crippen molar-refractivity contribution in [3.63, 3.8) is 0 Å². The molecule has 0 aliphatic rings. The number of anilines is 1. The quantitative estimate of drug-likeness (QED) is 0.790. The lowest BCUT2D eigenvalue weighted by Gasteiger charge is -2.07. The molecule has 0 aliphatic heterocycles. The standard InChI is InChI=1S/C11H9Cl2FN2/c1-2-5-3-6-8(16-11(5)15)4-7(12)10(14)9(6)13/h3-4H,2H2,1H3,(H2,15,16). The number of hydrogen-bond donors (Lipinski definition) is 1. The summed E-state index contributed by atoms with van der Waals surface area (Å²) in [4.78, 5) is 4.15. The fourth-order valence-corrected chi connectivity index (χ4v) is 2.06. The predicted molar refractivity (Wildman–Crippen MR) is 65.5 cm³/mol. The Kier molecular flexibility index (Phi) is 2.91. The van der Waals surface area contributed by atoms with Gasteiger partial charge in [0, 0.05) is 5.39 Å². The molecule has 2 nitrogen and oxygen atoms in total. The minimum absolute atomic E-state index is 0.00954. The van der Waals surface area contributed by atoms with Crippen molar-refractivity contribution in [2.75, 3.05) is 5.73 Å². The van der Waals surface area contributed by atoms with E-state index in [0.29, 0.717) is 16.7 Å². The van der Waals surface area contributed by atoms with Crippen LogP contribution in [0.3, 0.4) is 0 Å². The van der Waals surface area contributed by atoms with Crippen LogP contribution in [0, 0.1) is 5.82 Å². The number of hydrogen-bond acceptors (Lipinski definition) is 2. The molecule has 1 heterocycles. The zero-order chi connectivity index (χ0) is 11.9. The molecular formula is C11H9Cl2FN2. The van der Waals surface area contributed by atoms with E-state index in [1.165, 1.54) is 6.07 Å². The first kappa shape index (κ1) is 11.4. The van der Waals surface area contributed by atoms with Gasteiger partial charge in [0.1, 0.15) is 5.82 Å². The molecule has 16 heavy (non-hydrogen) atoms. The fraction of sp³-hybridized carbons (Fsp3) is 0.182. The van der Waals surface area contributed by atoms with E-state index in [1.54, 1.807) is 6.07 Å². The van der Waals surface area contributed by atoms with Crippen LogP contribution in [-0.2, 0) is 6.42 Å². The van der Waals surface area contributed by atoms with Crippen molar-refractivity contribution in [2.45, 2.75) is 13.3 Å². The Morgan fingerprint density at radius 3 is 2.69 bits per heavy atom. The number of nitrogens with two attached hydrogens (primary N) is 1. The van der Waals surface area contributed by atoms with E-state index in [4.69, 9.17) is 28.9 Å². The smallest absolute Gasteiger partial charge is 0.161 e. The van der Waals surface area contributed by atoms with Crippen molar-refractivity contribution in [2.24, 2.45) is 0 Å².